The molecule has 132 valence electrons. The van der Waals surface area contributed by atoms with Gasteiger partial charge in [0.15, 0.2) is 0 Å². The predicted molar refractivity (Wildman–Crippen MR) is 93.0 cm³/mol. The molecule has 0 aromatic heterocycles. The van der Waals surface area contributed by atoms with E-state index in [1.54, 1.807) is 24.3 Å². The van der Waals surface area contributed by atoms with Gasteiger partial charge in [0.05, 0.1) is 6.10 Å². The Balaban J connectivity index is 2.01. The van der Waals surface area contributed by atoms with Gasteiger partial charge >= 0.3 is 0 Å². The Labute approximate surface area is 145 Å². The third kappa shape index (κ3) is 5.66. The first kappa shape index (κ1) is 18.6. The number of carbonyl (C=O) groups excluding carboxylic acids is 1. The van der Waals surface area contributed by atoms with E-state index in [0.717, 1.165) is 11.8 Å². The number of amides is 1. The summed E-state index contributed by atoms with van der Waals surface area (Å²) in [7, 11) is 1.83. The van der Waals surface area contributed by atoms with Crippen LogP contribution in [-0.2, 0) is 11.3 Å². The van der Waals surface area contributed by atoms with Gasteiger partial charge in [-0.15, -0.1) is 0 Å². The number of halogens is 1. The lowest BCUT2D eigenvalue weighted by atomic mass is 10.1. The third-order valence-electron chi connectivity index (χ3n) is 3.63. The second-order valence-corrected chi connectivity index (χ2v) is 5.66. The van der Waals surface area contributed by atoms with E-state index < -0.39 is 12.0 Å². The Morgan fingerprint density at radius 1 is 1.28 bits per heavy atom. The normalized spacial score (nSPS) is 12.5. The maximum atomic E-state index is 13.0. The molecule has 0 fully saturated rings. The molecule has 3 N–H and O–H groups in total. The van der Waals surface area contributed by atoms with Gasteiger partial charge in [0.25, 0.3) is 5.91 Å². The molecule has 0 radical (unpaired) electrons. The number of aliphatic hydroxyl groups excluding tert-OH is 1. The van der Waals surface area contributed by atoms with Crippen molar-refractivity contribution in [2.45, 2.75) is 12.6 Å². The molecule has 25 heavy (non-hydrogen) atoms. The number of nitrogens with zero attached hydrogens (tertiary/aromatic N) is 2. The summed E-state index contributed by atoms with van der Waals surface area (Å²) in [5, 5.41) is 24.0. The number of para-hydroxylation sites is 1. The summed E-state index contributed by atoms with van der Waals surface area (Å²) in [5.74, 6) is -0.885. The molecular formula is C18H20FN3O3. The molecule has 0 saturated carbocycles. The van der Waals surface area contributed by atoms with E-state index in [1.165, 1.54) is 12.1 Å². The lowest BCUT2D eigenvalue weighted by molar-refractivity contribution is -0.110. The molecule has 1 unspecified atom stereocenters. The van der Waals surface area contributed by atoms with Crippen molar-refractivity contribution >= 4 is 17.8 Å². The number of benzene rings is 2. The maximum Gasteiger partial charge on any atom is 0.270 e. The van der Waals surface area contributed by atoms with Crippen LogP contribution in [0.25, 0.3) is 0 Å². The quantitative estimate of drug-likeness (QED) is 0.409. The zero-order valence-corrected chi connectivity index (χ0v) is 13.8. The average Bonchev–Trinajstić information content (AvgIpc) is 2.57. The number of likely N-dealkylation sites (N-methyl/N-ethyl adjacent to an activating group) is 1. The number of hydrogen-bond donors (Lipinski definition) is 3. The molecule has 0 bridgehead atoms. The first-order valence-electron chi connectivity index (χ1n) is 7.68. The summed E-state index contributed by atoms with van der Waals surface area (Å²) in [6.45, 7) is 0.816. The van der Waals surface area contributed by atoms with Gasteiger partial charge in [-0.1, -0.05) is 35.5 Å². The number of nitrogens with one attached hydrogen (secondary N) is 1. The molecular weight excluding hydrogens is 325 g/mol. The highest BCUT2D eigenvalue weighted by molar-refractivity contribution is 6.31. The van der Waals surface area contributed by atoms with Crippen LogP contribution < -0.4 is 5.32 Å². The minimum atomic E-state index is -0.756. The molecule has 0 saturated heterocycles. The van der Waals surface area contributed by atoms with Crippen LogP contribution in [0.3, 0.4) is 0 Å². The zero-order valence-electron chi connectivity index (χ0n) is 13.8. The molecule has 0 aliphatic rings. The number of oxime groups is 1. The van der Waals surface area contributed by atoms with Crippen molar-refractivity contribution in [1.29, 1.82) is 0 Å². The van der Waals surface area contributed by atoms with Gasteiger partial charge in [0.2, 0.25) is 0 Å². The van der Waals surface area contributed by atoms with Gasteiger partial charge < -0.3 is 15.6 Å². The Morgan fingerprint density at radius 3 is 2.64 bits per heavy atom. The van der Waals surface area contributed by atoms with Crippen molar-refractivity contribution in [3.05, 3.63) is 65.5 Å². The highest BCUT2D eigenvalue weighted by Crippen LogP contribution is 2.19. The highest BCUT2D eigenvalue weighted by Gasteiger charge is 2.13. The van der Waals surface area contributed by atoms with E-state index in [2.05, 4.69) is 10.5 Å². The van der Waals surface area contributed by atoms with Crippen LogP contribution in [0.4, 0.5) is 10.1 Å². The van der Waals surface area contributed by atoms with Gasteiger partial charge in [-0.3, -0.25) is 9.69 Å². The minimum absolute atomic E-state index is 0.339. The van der Waals surface area contributed by atoms with Crippen molar-refractivity contribution in [1.82, 2.24) is 4.90 Å². The lowest BCUT2D eigenvalue weighted by Gasteiger charge is -2.22. The molecule has 2 aromatic carbocycles. The SMILES string of the molecule is CN(Cc1ccccc1NC(=O)C=NO)CC(O)c1ccc(F)cc1. The molecule has 0 aliphatic carbocycles. The second kappa shape index (κ2) is 8.91. The summed E-state index contributed by atoms with van der Waals surface area (Å²) in [6, 6.07) is 12.9. The van der Waals surface area contributed by atoms with Gasteiger partial charge in [-0.25, -0.2) is 4.39 Å². The first-order chi connectivity index (χ1) is 12.0. The van der Waals surface area contributed by atoms with Crippen molar-refractivity contribution < 1.29 is 19.5 Å². The smallest absolute Gasteiger partial charge is 0.270 e. The molecule has 1 atom stereocenters. The van der Waals surface area contributed by atoms with Crippen molar-refractivity contribution in [2.75, 3.05) is 18.9 Å². The fourth-order valence-electron chi connectivity index (χ4n) is 2.44. The van der Waals surface area contributed by atoms with Crippen molar-refractivity contribution in [3.63, 3.8) is 0 Å². The topological polar surface area (TPSA) is 85.2 Å². The van der Waals surface area contributed by atoms with Gasteiger partial charge in [-0.2, -0.15) is 0 Å². The van der Waals surface area contributed by atoms with E-state index in [9.17, 15) is 14.3 Å². The first-order valence-corrected chi connectivity index (χ1v) is 7.68. The van der Waals surface area contributed by atoms with Crippen LogP contribution in [-0.4, -0.2) is 40.9 Å². The molecule has 2 aromatic rings. The highest BCUT2D eigenvalue weighted by atomic mass is 19.1. The fraction of sp³-hybridized carbons (Fsp3) is 0.222. The van der Waals surface area contributed by atoms with E-state index in [0.29, 0.717) is 24.3 Å². The summed E-state index contributed by atoms with van der Waals surface area (Å²) in [4.78, 5) is 13.4. The standard InChI is InChI=1S/C18H20FN3O3/c1-22(12-17(23)13-6-8-15(19)9-7-13)11-14-4-2-3-5-16(14)21-18(24)10-20-25/h2-10,17,23,25H,11-12H2,1H3,(H,21,24). The molecule has 0 aliphatic heterocycles. The number of anilines is 1. The van der Waals surface area contributed by atoms with E-state index in [-0.39, 0.29) is 5.82 Å². The lowest BCUT2D eigenvalue weighted by Crippen LogP contribution is -2.25. The monoisotopic (exact) mass is 345 g/mol. The predicted octanol–water partition coefficient (Wildman–Crippen LogP) is 2.39. The van der Waals surface area contributed by atoms with Crippen LogP contribution in [0.2, 0.25) is 0 Å². The van der Waals surface area contributed by atoms with Crippen LogP contribution in [0.1, 0.15) is 17.2 Å². The molecule has 7 heteroatoms. The van der Waals surface area contributed by atoms with Gasteiger partial charge in [0, 0.05) is 18.8 Å². The summed E-state index contributed by atoms with van der Waals surface area (Å²) in [6.07, 6.45) is 0.0209. The van der Waals surface area contributed by atoms with Crippen LogP contribution in [0, 0.1) is 5.82 Å². The summed E-state index contributed by atoms with van der Waals surface area (Å²) < 4.78 is 13.0. The molecule has 2 rings (SSSR count). The number of rotatable bonds is 7. The molecule has 0 heterocycles. The fourth-order valence-corrected chi connectivity index (χ4v) is 2.44. The average molecular weight is 345 g/mol. The number of carbonyl (C=O) groups is 1. The Bertz CT molecular complexity index is 735. The van der Waals surface area contributed by atoms with Crippen molar-refractivity contribution in [2.24, 2.45) is 5.16 Å². The molecule has 0 spiro atoms. The minimum Gasteiger partial charge on any atom is -0.411 e. The number of hydrogen-bond acceptors (Lipinski definition) is 5. The van der Waals surface area contributed by atoms with Gasteiger partial charge in [-0.05, 0) is 36.4 Å². The second-order valence-electron chi connectivity index (χ2n) is 5.66. The van der Waals surface area contributed by atoms with Gasteiger partial charge in [0.1, 0.15) is 12.0 Å². The van der Waals surface area contributed by atoms with Crippen molar-refractivity contribution in [3.8, 4) is 0 Å². The summed E-state index contributed by atoms with van der Waals surface area (Å²) in [5.41, 5.74) is 2.07. The largest absolute Gasteiger partial charge is 0.411 e. The zero-order chi connectivity index (χ0) is 18.2. The molecule has 1 amide bonds. The molecule has 6 nitrogen and oxygen atoms in total. The number of aliphatic hydroxyl groups is 1. The summed E-state index contributed by atoms with van der Waals surface area (Å²) >= 11 is 0. The Kier molecular flexibility index (Phi) is 6.62. The van der Waals surface area contributed by atoms with Crippen LogP contribution in [0.15, 0.2) is 53.7 Å². The van der Waals surface area contributed by atoms with Crippen LogP contribution in [0.5, 0.6) is 0 Å². The van der Waals surface area contributed by atoms with E-state index in [1.807, 2.05) is 24.1 Å². The maximum absolute atomic E-state index is 13.0. The van der Waals surface area contributed by atoms with E-state index >= 15 is 0 Å². The third-order valence-corrected chi connectivity index (χ3v) is 3.63. The Morgan fingerprint density at radius 2 is 1.96 bits per heavy atom. The Hall–Kier alpha value is -2.77. The van der Waals surface area contributed by atoms with E-state index in [4.69, 9.17) is 5.21 Å². The van der Waals surface area contributed by atoms with Crippen LogP contribution >= 0.6 is 0 Å².